The summed E-state index contributed by atoms with van der Waals surface area (Å²) in [6.45, 7) is 1.23. The molecular formula is C21H26ClN5O3S. The van der Waals surface area contributed by atoms with E-state index in [1.165, 1.54) is 12.1 Å². The standard InChI is InChI=1S/C21H26ClN5O3S/c1-26(2)13-15(14-27(3)4)30-21-20(23-17-10-6-7-11-18(17)24-21)25-31(28,29)19-12-8-5-9-16(19)22/h5-12,15H,13-14H2,1-4H3,(H,23,25). The maximum absolute atomic E-state index is 13.0. The molecular weight excluding hydrogens is 438 g/mol. The molecule has 3 aromatic rings. The molecule has 2 aromatic carbocycles. The Balaban J connectivity index is 2.04. The Morgan fingerprint density at radius 3 is 2.06 bits per heavy atom. The van der Waals surface area contributed by atoms with Crippen molar-refractivity contribution in [3.63, 3.8) is 0 Å². The molecule has 0 spiro atoms. The summed E-state index contributed by atoms with van der Waals surface area (Å²) >= 11 is 6.11. The second-order valence-electron chi connectivity index (χ2n) is 7.67. The monoisotopic (exact) mass is 463 g/mol. The van der Waals surface area contributed by atoms with Gasteiger partial charge in [-0.05, 0) is 52.5 Å². The lowest BCUT2D eigenvalue weighted by Gasteiger charge is -2.25. The van der Waals surface area contributed by atoms with Gasteiger partial charge >= 0.3 is 0 Å². The fourth-order valence-corrected chi connectivity index (χ4v) is 4.60. The zero-order valence-electron chi connectivity index (χ0n) is 17.9. The molecule has 0 bridgehead atoms. The van der Waals surface area contributed by atoms with E-state index in [4.69, 9.17) is 16.3 Å². The van der Waals surface area contributed by atoms with Gasteiger partial charge in [0.05, 0.1) is 16.1 Å². The van der Waals surface area contributed by atoms with Crippen LogP contribution in [-0.4, -0.2) is 75.6 Å². The molecule has 0 amide bonds. The number of likely N-dealkylation sites (N-methyl/N-ethyl adjacent to an activating group) is 2. The van der Waals surface area contributed by atoms with Gasteiger partial charge in [-0.25, -0.2) is 18.4 Å². The largest absolute Gasteiger partial charge is 0.469 e. The van der Waals surface area contributed by atoms with E-state index >= 15 is 0 Å². The molecule has 0 aliphatic carbocycles. The summed E-state index contributed by atoms with van der Waals surface area (Å²) in [6.07, 6.45) is -0.260. The second-order valence-corrected chi connectivity index (χ2v) is 9.72. The highest BCUT2D eigenvalue weighted by atomic mass is 35.5. The summed E-state index contributed by atoms with van der Waals surface area (Å²) in [5.74, 6) is 0.129. The van der Waals surface area contributed by atoms with Crippen molar-refractivity contribution >= 4 is 38.5 Å². The summed E-state index contributed by atoms with van der Waals surface area (Å²) in [6, 6.07) is 13.4. The third-order valence-corrected chi connectivity index (χ3v) is 6.15. The topological polar surface area (TPSA) is 87.7 Å². The Kier molecular flexibility index (Phi) is 7.32. The molecule has 0 fully saturated rings. The molecule has 166 valence electrons. The highest BCUT2D eigenvalue weighted by Gasteiger charge is 2.24. The lowest BCUT2D eigenvalue weighted by atomic mass is 10.3. The third kappa shape index (κ3) is 6.04. The van der Waals surface area contributed by atoms with Crippen molar-refractivity contribution < 1.29 is 13.2 Å². The zero-order valence-corrected chi connectivity index (χ0v) is 19.5. The van der Waals surface area contributed by atoms with Gasteiger partial charge in [-0.2, -0.15) is 0 Å². The van der Waals surface area contributed by atoms with E-state index in [0.717, 1.165) is 0 Å². The van der Waals surface area contributed by atoms with Crippen molar-refractivity contribution in [2.75, 3.05) is 46.0 Å². The molecule has 0 aliphatic heterocycles. The van der Waals surface area contributed by atoms with Crippen molar-refractivity contribution in [2.24, 2.45) is 0 Å². The maximum atomic E-state index is 13.0. The quantitative estimate of drug-likeness (QED) is 0.522. The Morgan fingerprint density at radius 2 is 1.48 bits per heavy atom. The number of hydrogen-bond acceptors (Lipinski definition) is 7. The fraction of sp³-hybridized carbons (Fsp3) is 0.333. The molecule has 8 nitrogen and oxygen atoms in total. The summed E-state index contributed by atoms with van der Waals surface area (Å²) in [7, 11) is 3.77. The molecule has 0 aliphatic rings. The van der Waals surface area contributed by atoms with Gasteiger partial charge in [0.25, 0.3) is 15.9 Å². The highest BCUT2D eigenvalue weighted by Crippen LogP contribution is 2.29. The lowest BCUT2D eigenvalue weighted by Crippen LogP contribution is -2.39. The minimum atomic E-state index is -4.00. The van der Waals surface area contributed by atoms with E-state index < -0.39 is 10.0 Å². The maximum Gasteiger partial charge on any atom is 0.264 e. The van der Waals surface area contributed by atoms with E-state index in [2.05, 4.69) is 14.7 Å². The molecule has 0 saturated carbocycles. The van der Waals surface area contributed by atoms with Gasteiger partial charge in [0.2, 0.25) is 5.82 Å². The minimum Gasteiger partial charge on any atom is -0.469 e. The number of nitrogens with one attached hydrogen (secondary N) is 1. The van der Waals surface area contributed by atoms with E-state index in [0.29, 0.717) is 24.1 Å². The first-order chi connectivity index (χ1) is 14.7. The van der Waals surface area contributed by atoms with Gasteiger partial charge < -0.3 is 14.5 Å². The number of hydrogen-bond donors (Lipinski definition) is 1. The number of benzene rings is 2. The normalized spacial score (nSPS) is 12.1. The van der Waals surface area contributed by atoms with E-state index in [1.807, 2.05) is 50.1 Å². The van der Waals surface area contributed by atoms with Gasteiger partial charge in [-0.15, -0.1) is 0 Å². The number of rotatable bonds is 9. The molecule has 3 rings (SSSR count). The number of anilines is 1. The number of nitrogens with zero attached hydrogens (tertiary/aromatic N) is 4. The summed E-state index contributed by atoms with van der Waals surface area (Å²) in [4.78, 5) is 13.0. The Hall–Kier alpha value is -2.46. The van der Waals surface area contributed by atoms with Crippen LogP contribution >= 0.6 is 11.6 Å². The summed E-state index contributed by atoms with van der Waals surface area (Å²) in [5.41, 5.74) is 1.15. The molecule has 0 atom stereocenters. The van der Waals surface area contributed by atoms with Crippen molar-refractivity contribution in [2.45, 2.75) is 11.0 Å². The average molecular weight is 464 g/mol. The van der Waals surface area contributed by atoms with E-state index in [-0.39, 0.29) is 27.7 Å². The number of para-hydroxylation sites is 2. The summed E-state index contributed by atoms with van der Waals surface area (Å²) < 4.78 is 34.7. The number of fused-ring (bicyclic) bond motifs is 1. The van der Waals surface area contributed by atoms with Crippen LogP contribution in [0.4, 0.5) is 5.82 Å². The van der Waals surface area contributed by atoms with Gasteiger partial charge in [0, 0.05) is 13.1 Å². The number of sulfonamides is 1. The van der Waals surface area contributed by atoms with Crippen molar-refractivity contribution in [1.82, 2.24) is 19.8 Å². The second kappa shape index (κ2) is 9.78. The van der Waals surface area contributed by atoms with Crippen LogP contribution in [0, 0.1) is 0 Å². The summed E-state index contributed by atoms with van der Waals surface area (Å²) in [5, 5.41) is 0.115. The third-order valence-electron chi connectivity index (χ3n) is 4.31. The van der Waals surface area contributed by atoms with Crippen LogP contribution in [0.25, 0.3) is 11.0 Å². The van der Waals surface area contributed by atoms with Crippen molar-refractivity contribution in [3.8, 4) is 5.88 Å². The first kappa shape index (κ1) is 23.2. The number of halogens is 1. The molecule has 0 saturated heterocycles. The highest BCUT2D eigenvalue weighted by molar-refractivity contribution is 7.92. The van der Waals surface area contributed by atoms with Gasteiger partial charge in [0.15, 0.2) is 0 Å². The number of ether oxygens (including phenoxy) is 1. The minimum absolute atomic E-state index is 0.0149. The average Bonchev–Trinajstić information content (AvgIpc) is 2.67. The molecule has 0 unspecified atom stereocenters. The van der Waals surface area contributed by atoms with E-state index in [1.54, 1.807) is 24.3 Å². The number of aromatic nitrogens is 2. The molecule has 1 heterocycles. The zero-order chi connectivity index (χ0) is 22.6. The van der Waals surface area contributed by atoms with Crippen LogP contribution in [-0.2, 0) is 10.0 Å². The predicted molar refractivity (Wildman–Crippen MR) is 123 cm³/mol. The van der Waals surface area contributed by atoms with Crippen LogP contribution < -0.4 is 9.46 Å². The van der Waals surface area contributed by atoms with Gasteiger partial charge in [0.1, 0.15) is 11.0 Å². The molecule has 31 heavy (non-hydrogen) atoms. The first-order valence-corrected chi connectivity index (χ1v) is 11.5. The van der Waals surface area contributed by atoms with Crippen molar-refractivity contribution in [3.05, 3.63) is 53.6 Å². The molecule has 0 radical (unpaired) electrons. The van der Waals surface area contributed by atoms with E-state index in [9.17, 15) is 8.42 Å². The lowest BCUT2D eigenvalue weighted by molar-refractivity contribution is 0.124. The Bertz CT molecular complexity index is 1140. The van der Waals surface area contributed by atoms with Gasteiger partial charge in [-0.1, -0.05) is 35.9 Å². The SMILES string of the molecule is CN(C)CC(CN(C)C)Oc1nc2ccccc2nc1NS(=O)(=O)c1ccccc1Cl. The molecule has 1 N–H and O–H groups in total. The molecule has 1 aromatic heterocycles. The predicted octanol–water partition coefficient (Wildman–Crippen LogP) is 2.95. The van der Waals surface area contributed by atoms with Crippen LogP contribution in [0.2, 0.25) is 5.02 Å². The van der Waals surface area contributed by atoms with Crippen molar-refractivity contribution in [1.29, 1.82) is 0 Å². The first-order valence-electron chi connectivity index (χ1n) is 9.66. The Morgan fingerprint density at radius 1 is 0.935 bits per heavy atom. The fourth-order valence-electron chi connectivity index (χ4n) is 3.08. The van der Waals surface area contributed by atoms with Crippen LogP contribution in [0.5, 0.6) is 5.88 Å². The molecule has 10 heteroatoms. The Labute approximate surface area is 187 Å². The van der Waals surface area contributed by atoms with Crippen LogP contribution in [0.3, 0.4) is 0 Å². The van der Waals surface area contributed by atoms with Crippen LogP contribution in [0.1, 0.15) is 0 Å². The van der Waals surface area contributed by atoms with Crippen LogP contribution in [0.15, 0.2) is 53.4 Å². The smallest absolute Gasteiger partial charge is 0.264 e. The van der Waals surface area contributed by atoms with Gasteiger partial charge in [-0.3, -0.25) is 4.72 Å².